The first-order valence-electron chi connectivity index (χ1n) is 12.0. The highest BCUT2D eigenvalue weighted by Crippen LogP contribution is 2.34. The van der Waals surface area contributed by atoms with Gasteiger partial charge in [-0.15, -0.1) is 0 Å². The van der Waals surface area contributed by atoms with Gasteiger partial charge in [-0.2, -0.15) is 5.10 Å². The molecule has 0 aromatic heterocycles. The van der Waals surface area contributed by atoms with Crippen molar-refractivity contribution in [3.8, 4) is 0 Å². The number of hydrogen-bond donors (Lipinski definition) is 2. The van der Waals surface area contributed by atoms with Crippen LogP contribution >= 0.6 is 12.2 Å². The van der Waals surface area contributed by atoms with E-state index in [2.05, 4.69) is 69.7 Å². The van der Waals surface area contributed by atoms with Gasteiger partial charge in [0.05, 0.1) is 11.9 Å². The second-order valence-electron chi connectivity index (χ2n) is 9.57. The third-order valence-electron chi connectivity index (χ3n) is 7.03. The normalized spacial score (nSPS) is 19.4. The molecule has 0 unspecified atom stereocenters. The van der Waals surface area contributed by atoms with Gasteiger partial charge >= 0.3 is 0 Å². The summed E-state index contributed by atoms with van der Waals surface area (Å²) in [7, 11) is 4.22. The number of piperidine rings is 1. The van der Waals surface area contributed by atoms with Gasteiger partial charge in [-0.3, -0.25) is 5.43 Å². The van der Waals surface area contributed by atoms with Crippen LogP contribution in [0.15, 0.2) is 47.6 Å². The van der Waals surface area contributed by atoms with Crippen molar-refractivity contribution >= 4 is 34.9 Å². The Balaban J connectivity index is 1.52. The van der Waals surface area contributed by atoms with E-state index in [0.717, 1.165) is 63.1 Å². The molecule has 34 heavy (non-hydrogen) atoms. The minimum atomic E-state index is -0.217. The van der Waals surface area contributed by atoms with Crippen LogP contribution in [0.4, 0.5) is 15.8 Å². The minimum Gasteiger partial charge on any atom is -0.375 e. The second kappa shape index (κ2) is 11.1. The first kappa shape index (κ1) is 24.4. The van der Waals surface area contributed by atoms with Gasteiger partial charge in [-0.1, -0.05) is 30.3 Å². The highest BCUT2D eigenvalue weighted by Gasteiger charge is 2.28. The zero-order chi connectivity index (χ0) is 24.1. The van der Waals surface area contributed by atoms with Gasteiger partial charge in [0.15, 0.2) is 5.11 Å². The van der Waals surface area contributed by atoms with Crippen LogP contribution in [0.1, 0.15) is 30.4 Å². The van der Waals surface area contributed by atoms with Crippen molar-refractivity contribution in [2.24, 2.45) is 16.8 Å². The van der Waals surface area contributed by atoms with Crippen LogP contribution in [0, 0.1) is 11.7 Å². The fraction of sp³-hybridized carbons (Fsp3) is 0.462. The molecule has 2 aromatic rings. The molecule has 4 rings (SSSR count). The Morgan fingerprint density at radius 1 is 1.12 bits per heavy atom. The first-order valence-corrected chi connectivity index (χ1v) is 12.4. The molecule has 2 heterocycles. The lowest BCUT2D eigenvalue weighted by atomic mass is 9.90. The van der Waals surface area contributed by atoms with E-state index in [9.17, 15) is 0 Å². The number of hydrogen-bond acceptors (Lipinski definition) is 5. The number of nitrogens with two attached hydrogens (primary N) is 1. The monoisotopic (exact) mass is 482 g/mol. The number of nitrogens with zero attached hydrogens (tertiary/aromatic N) is 4. The quantitative estimate of drug-likeness (QED) is 0.357. The Morgan fingerprint density at radius 2 is 1.82 bits per heavy atom. The Hall–Kier alpha value is -2.71. The number of nitrogens with one attached hydrogen (secondary N) is 1. The van der Waals surface area contributed by atoms with Crippen molar-refractivity contribution in [3.05, 3.63) is 59.4 Å². The lowest BCUT2D eigenvalue weighted by Crippen LogP contribution is -2.35. The first-order chi connectivity index (χ1) is 16.4. The number of halogens is 1. The van der Waals surface area contributed by atoms with Gasteiger partial charge in [0.2, 0.25) is 0 Å². The van der Waals surface area contributed by atoms with Crippen molar-refractivity contribution in [2.75, 3.05) is 50.1 Å². The van der Waals surface area contributed by atoms with Crippen molar-refractivity contribution < 1.29 is 4.39 Å². The third kappa shape index (κ3) is 6.04. The van der Waals surface area contributed by atoms with Gasteiger partial charge in [0, 0.05) is 43.5 Å². The summed E-state index contributed by atoms with van der Waals surface area (Å²) < 4.78 is 15.3. The third-order valence-corrected chi connectivity index (χ3v) is 7.12. The van der Waals surface area contributed by atoms with E-state index in [0.29, 0.717) is 17.6 Å². The molecular formula is C26H35FN6S. The maximum atomic E-state index is 15.3. The van der Waals surface area contributed by atoms with Crippen molar-refractivity contribution in [1.82, 2.24) is 10.3 Å². The fourth-order valence-corrected chi connectivity index (χ4v) is 5.11. The van der Waals surface area contributed by atoms with E-state index in [1.807, 2.05) is 6.07 Å². The predicted molar refractivity (Wildman–Crippen MR) is 143 cm³/mol. The molecule has 0 aliphatic carbocycles. The Morgan fingerprint density at radius 3 is 2.47 bits per heavy atom. The average molecular weight is 483 g/mol. The summed E-state index contributed by atoms with van der Waals surface area (Å²) in [6, 6.07) is 14.7. The molecule has 182 valence electrons. The van der Waals surface area contributed by atoms with Crippen molar-refractivity contribution in [3.63, 3.8) is 0 Å². The van der Waals surface area contributed by atoms with Crippen LogP contribution in [0.2, 0.25) is 0 Å². The number of anilines is 2. The van der Waals surface area contributed by atoms with Gasteiger partial charge in [0.25, 0.3) is 0 Å². The molecular weight excluding hydrogens is 447 g/mol. The zero-order valence-electron chi connectivity index (χ0n) is 20.1. The molecule has 8 heteroatoms. The molecule has 0 bridgehead atoms. The van der Waals surface area contributed by atoms with Gasteiger partial charge in [-0.05, 0) is 75.6 Å². The molecule has 1 atom stereocenters. The van der Waals surface area contributed by atoms with Gasteiger partial charge in [-0.25, -0.2) is 4.39 Å². The van der Waals surface area contributed by atoms with Crippen molar-refractivity contribution in [2.45, 2.75) is 31.7 Å². The molecule has 2 aliphatic heterocycles. The van der Waals surface area contributed by atoms with Gasteiger partial charge < -0.3 is 20.4 Å². The van der Waals surface area contributed by atoms with Crippen LogP contribution in [-0.4, -0.2) is 62.5 Å². The maximum Gasteiger partial charge on any atom is 0.184 e. The molecule has 2 aromatic carbocycles. The number of benzene rings is 2. The standard InChI is InChI=1S/C26H35FN6S/c1-31(2)22-10-13-33(18-22)24-16-25(23(27)15-21(24)17-29-30-26(28)34)32-11-8-20(9-12-32)14-19-6-4-3-5-7-19/h3-7,15-17,20,22H,8-14,18H2,1-2H3,(H3,28,30,34)/b29-17+/t22-/m1/s1. The summed E-state index contributed by atoms with van der Waals surface area (Å²) in [4.78, 5) is 6.79. The average Bonchev–Trinajstić information content (AvgIpc) is 3.31. The minimum absolute atomic E-state index is 0.0853. The second-order valence-corrected chi connectivity index (χ2v) is 10.0. The lowest BCUT2D eigenvalue weighted by molar-refractivity contribution is 0.315. The molecule has 6 nitrogen and oxygen atoms in total. The Bertz CT molecular complexity index is 1000. The van der Waals surface area contributed by atoms with E-state index in [1.54, 1.807) is 12.3 Å². The molecule has 0 saturated carbocycles. The molecule has 2 aliphatic rings. The van der Waals surface area contributed by atoms with E-state index in [4.69, 9.17) is 18.0 Å². The van der Waals surface area contributed by atoms with Crippen LogP contribution in [0.25, 0.3) is 0 Å². The summed E-state index contributed by atoms with van der Waals surface area (Å²) in [6.07, 6.45) is 5.91. The van der Waals surface area contributed by atoms with E-state index in [1.165, 1.54) is 5.56 Å². The van der Waals surface area contributed by atoms with Gasteiger partial charge in [0.1, 0.15) is 5.82 Å². The number of thiocarbonyl (C=S) groups is 1. The van der Waals surface area contributed by atoms with Crippen LogP contribution in [0.5, 0.6) is 0 Å². The maximum absolute atomic E-state index is 15.3. The molecule has 2 saturated heterocycles. The Labute approximate surface area is 207 Å². The molecule has 2 fully saturated rings. The van der Waals surface area contributed by atoms with Crippen LogP contribution < -0.4 is 21.0 Å². The van der Waals surface area contributed by atoms with E-state index >= 15 is 4.39 Å². The predicted octanol–water partition coefficient (Wildman–Crippen LogP) is 3.59. The van der Waals surface area contributed by atoms with E-state index in [-0.39, 0.29) is 10.9 Å². The summed E-state index contributed by atoms with van der Waals surface area (Å²) in [6.45, 7) is 3.56. The smallest absolute Gasteiger partial charge is 0.184 e. The summed E-state index contributed by atoms with van der Waals surface area (Å²) in [5.41, 5.74) is 11.9. The highest BCUT2D eigenvalue weighted by atomic mass is 32.1. The number of hydrazone groups is 1. The van der Waals surface area contributed by atoms with E-state index < -0.39 is 0 Å². The van der Waals surface area contributed by atoms with Crippen LogP contribution in [-0.2, 0) is 6.42 Å². The summed E-state index contributed by atoms with van der Waals surface area (Å²) >= 11 is 4.83. The molecule has 3 N–H and O–H groups in total. The summed E-state index contributed by atoms with van der Waals surface area (Å²) in [5, 5.41) is 4.19. The topological polar surface area (TPSA) is 60.1 Å². The zero-order valence-corrected chi connectivity index (χ0v) is 20.9. The SMILES string of the molecule is CN(C)[C@@H]1CCN(c2cc(N3CCC(Cc4ccccc4)CC3)c(F)cc2/C=N/NC(N)=S)C1. The fourth-order valence-electron chi connectivity index (χ4n) is 5.06. The number of rotatable bonds is 7. The largest absolute Gasteiger partial charge is 0.375 e. The number of likely N-dealkylation sites (N-methyl/N-ethyl adjacent to an activating group) is 1. The summed E-state index contributed by atoms with van der Waals surface area (Å²) in [5.74, 6) is 0.420. The molecule has 0 radical (unpaired) electrons. The Kier molecular flexibility index (Phi) is 8.00. The van der Waals surface area contributed by atoms with Crippen molar-refractivity contribution in [1.29, 1.82) is 0 Å². The molecule has 0 amide bonds. The highest BCUT2D eigenvalue weighted by molar-refractivity contribution is 7.80. The lowest BCUT2D eigenvalue weighted by Gasteiger charge is -2.35. The molecule has 0 spiro atoms. The van der Waals surface area contributed by atoms with Crippen LogP contribution in [0.3, 0.4) is 0 Å².